The summed E-state index contributed by atoms with van der Waals surface area (Å²) in [5.41, 5.74) is 5.69. The molecule has 2 nitrogen and oxygen atoms in total. The highest BCUT2D eigenvalue weighted by Gasteiger charge is 2.16. The van der Waals surface area contributed by atoms with Crippen LogP contribution in [0.1, 0.15) is 19.8 Å². The summed E-state index contributed by atoms with van der Waals surface area (Å²) >= 11 is 0. The maximum atomic E-state index is 5.69. The third-order valence-corrected chi connectivity index (χ3v) is 1.94. The zero-order valence-electron chi connectivity index (χ0n) is 6.38. The van der Waals surface area contributed by atoms with E-state index >= 15 is 0 Å². The van der Waals surface area contributed by atoms with Crippen LogP contribution in [0.3, 0.4) is 0 Å². The van der Waals surface area contributed by atoms with E-state index in [-0.39, 0.29) is 12.4 Å². The standard InChI is InChI=1S/C7H15NO.ClH/c1-6(8)7-3-2-4-9-5-7;/h6-7H,2-5,8H2,1H3;1H. The number of ether oxygens (including phenoxy) is 1. The molecule has 1 heterocycles. The van der Waals surface area contributed by atoms with Gasteiger partial charge in [-0.3, -0.25) is 0 Å². The molecule has 1 aliphatic heterocycles. The molecule has 1 fully saturated rings. The van der Waals surface area contributed by atoms with Crippen molar-refractivity contribution in [3.63, 3.8) is 0 Å². The van der Waals surface area contributed by atoms with Crippen molar-refractivity contribution in [2.24, 2.45) is 11.7 Å². The Morgan fingerprint density at radius 2 is 2.30 bits per heavy atom. The molecule has 2 atom stereocenters. The van der Waals surface area contributed by atoms with E-state index in [1.54, 1.807) is 0 Å². The number of halogens is 1. The van der Waals surface area contributed by atoms with Gasteiger partial charge in [0.2, 0.25) is 0 Å². The van der Waals surface area contributed by atoms with E-state index in [9.17, 15) is 0 Å². The van der Waals surface area contributed by atoms with Gasteiger partial charge in [0.15, 0.2) is 0 Å². The molecule has 1 rings (SSSR count). The minimum atomic E-state index is 0. The van der Waals surface area contributed by atoms with E-state index < -0.39 is 0 Å². The van der Waals surface area contributed by atoms with Crippen molar-refractivity contribution in [3.05, 3.63) is 0 Å². The second-order valence-corrected chi connectivity index (χ2v) is 2.84. The summed E-state index contributed by atoms with van der Waals surface area (Å²) in [5, 5.41) is 0. The normalized spacial score (nSPS) is 28.8. The van der Waals surface area contributed by atoms with E-state index in [0.717, 1.165) is 13.2 Å². The Morgan fingerprint density at radius 1 is 1.60 bits per heavy atom. The van der Waals surface area contributed by atoms with Crippen molar-refractivity contribution in [2.75, 3.05) is 13.2 Å². The summed E-state index contributed by atoms with van der Waals surface area (Å²) in [7, 11) is 0. The van der Waals surface area contributed by atoms with E-state index in [1.165, 1.54) is 12.8 Å². The lowest BCUT2D eigenvalue weighted by Gasteiger charge is -2.24. The van der Waals surface area contributed by atoms with Crippen LogP contribution in [-0.4, -0.2) is 19.3 Å². The average Bonchev–Trinajstić information content (AvgIpc) is 1.90. The lowest BCUT2D eigenvalue weighted by atomic mass is 9.96. The minimum Gasteiger partial charge on any atom is -0.381 e. The van der Waals surface area contributed by atoms with Crippen molar-refractivity contribution >= 4 is 12.4 Å². The molecule has 0 amide bonds. The van der Waals surface area contributed by atoms with Gasteiger partial charge in [-0.25, -0.2) is 0 Å². The molecule has 0 aromatic heterocycles. The smallest absolute Gasteiger partial charge is 0.0508 e. The Balaban J connectivity index is 0.000000810. The zero-order chi connectivity index (χ0) is 6.69. The van der Waals surface area contributed by atoms with Crippen LogP contribution in [0, 0.1) is 5.92 Å². The Hall–Kier alpha value is 0.210. The van der Waals surface area contributed by atoms with E-state index in [0.29, 0.717) is 12.0 Å². The van der Waals surface area contributed by atoms with Crippen molar-refractivity contribution in [1.82, 2.24) is 0 Å². The van der Waals surface area contributed by atoms with Crippen LogP contribution in [0.4, 0.5) is 0 Å². The number of rotatable bonds is 1. The first kappa shape index (κ1) is 10.2. The highest BCUT2D eigenvalue weighted by Crippen LogP contribution is 2.15. The van der Waals surface area contributed by atoms with Gasteiger partial charge in [0, 0.05) is 12.6 Å². The Morgan fingerprint density at radius 3 is 2.60 bits per heavy atom. The molecule has 0 radical (unpaired) electrons. The fourth-order valence-electron chi connectivity index (χ4n) is 1.18. The largest absolute Gasteiger partial charge is 0.381 e. The van der Waals surface area contributed by atoms with Gasteiger partial charge in [-0.05, 0) is 25.7 Å². The maximum Gasteiger partial charge on any atom is 0.0508 e. The van der Waals surface area contributed by atoms with Crippen LogP contribution < -0.4 is 5.73 Å². The van der Waals surface area contributed by atoms with Crippen molar-refractivity contribution in [3.8, 4) is 0 Å². The lowest BCUT2D eigenvalue weighted by Crippen LogP contribution is -2.33. The van der Waals surface area contributed by atoms with Gasteiger partial charge in [0.25, 0.3) is 0 Å². The quantitative estimate of drug-likeness (QED) is 0.634. The number of hydrogen-bond acceptors (Lipinski definition) is 2. The van der Waals surface area contributed by atoms with E-state index in [4.69, 9.17) is 10.5 Å². The number of hydrogen-bond donors (Lipinski definition) is 1. The summed E-state index contributed by atoms with van der Waals surface area (Å²) in [6.07, 6.45) is 2.43. The molecule has 1 aliphatic rings. The van der Waals surface area contributed by atoms with Gasteiger partial charge < -0.3 is 10.5 Å². The summed E-state index contributed by atoms with van der Waals surface area (Å²) in [5.74, 6) is 0.610. The third kappa shape index (κ3) is 2.86. The van der Waals surface area contributed by atoms with Crippen LogP contribution in [-0.2, 0) is 4.74 Å². The third-order valence-electron chi connectivity index (χ3n) is 1.94. The first-order valence-electron chi connectivity index (χ1n) is 3.64. The average molecular weight is 166 g/mol. The van der Waals surface area contributed by atoms with Gasteiger partial charge in [0.05, 0.1) is 6.61 Å². The van der Waals surface area contributed by atoms with Crippen LogP contribution in [0.5, 0.6) is 0 Å². The van der Waals surface area contributed by atoms with Crippen LogP contribution in [0.25, 0.3) is 0 Å². The first-order valence-corrected chi connectivity index (χ1v) is 3.64. The fourth-order valence-corrected chi connectivity index (χ4v) is 1.18. The molecule has 0 aromatic rings. The predicted molar refractivity (Wildman–Crippen MR) is 44.4 cm³/mol. The van der Waals surface area contributed by atoms with Crippen LogP contribution in [0.15, 0.2) is 0 Å². The highest BCUT2D eigenvalue weighted by molar-refractivity contribution is 5.85. The molecule has 0 aromatic carbocycles. The van der Waals surface area contributed by atoms with Gasteiger partial charge in [0.1, 0.15) is 0 Å². The number of nitrogens with two attached hydrogens (primary N) is 1. The Labute approximate surface area is 68.5 Å². The SMILES string of the molecule is CC(N)C1CCCOC1.Cl. The molecule has 62 valence electrons. The summed E-state index contributed by atoms with van der Waals surface area (Å²) in [6, 6.07) is 0.310. The molecular weight excluding hydrogens is 150 g/mol. The molecule has 2 N–H and O–H groups in total. The molecule has 1 saturated heterocycles. The molecule has 0 spiro atoms. The van der Waals surface area contributed by atoms with E-state index in [2.05, 4.69) is 6.92 Å². The lowest BCUT2D eigenvalue weighted by molar-refractivity contribution is 0.0472. The van der Waals surface area contributed by atoms with Crippen molar-refractivity contribution in [2.45, 2.75) is 25.8 Å². The Bertz CT molecular complexity index is 81.7. The molecular formula is C7H16ClNO. The second kappa shape index (κ2) is 4.94. The topological polar surface area (TPSA) is 35.2 Å². The zero-order valence-corrected chi connectivity index (χ0v) is 7.19. The van der Waals surface area contributed by atoms with E-state index in [1.807, 2.05) is 0 Å². The monoisotopic (exact) mass is 165 g/mol. The minimum absolute atomic E-state index is 0. The van der Waals surface area contributed by atoms with Gasteiger partial charge in [-0.15, -0.1) is 12.4 Å². The maximum absolute atomic E-state index is 5.69. The summed E-state index contributed by atoms with van der Waals surface area (Å²) in [6.45, 7) is 3.86. The molecule has 10 heavy (non-hydrogen) atoms. The molecule has 0 aliphatic carbocycles. The van der Waals surface area contributed by atoms with Crippen LogP contribution >= 0.6 is 12.4 Å². The summed E-state index contributed by atoms with van der Waals surface area (Å²) in [4.78, 5) is 0. The molecule has 0 saturated carbocycles. The molecule has 2 unspecified atom stereocenters. The Kier molecular flexibility index (Phi) is 5.04. The second-order valence-electron chi connectivity index (χ2n) is 2.84. The summed E-state index contributed by atoms with van der Waals surface area (Å²) < 4.78 is 5.26. The van der Waals surface area contributed by atoms with Crippen molar-refractivity contribution in [1.29, 1.82) is 0 Å². The van der Waals surface area contributed by atoms with Gasteiger partial charge in [-0.2, -0.15) is 0 Å². The molecule has 3 heteroatoms. The fraction of sp³-hybridized carbons (Fsp3) is 1.00. The van der Waals surface area contributed by atoms with Gasteiger partial charge in [-0.1, -0.05) is 0 Å². The highest BCUT2D eigenvalue weighted by atomic mass is 35.5. The van der Waals surface area contributed by atoms with Crippen LogP contribution in [0.2, 0.25) is 0 Å². The first-order chi connectivity index (χ1) is 4.30. The molecule has 0 bridgehead atoms. The van der Waals surface area contributed by atoms with Crippen molar-refractivity contribution < 1.29 is 4.74 Å². The predicted octanol–water partition coefficient (Wildman–Crippen LogP) is 1.18. The van der Waals surface area contributed by atoms with Gasteiger partial charge >= 0.3 is 0 Å².